The van der Waals surface area contributed by atoms with Crippen LogP contribution < -0.4 is 0 Å². The van der Waals surface area contributed by atoms with Crippen molar-refractivity contribution in [3.63, 3.8) is 0 Å². The van der Waals surface area contributed by atoms with E-state index in [1.54, 1.807) is 6.07 Å². The normalized spacial score (nSPS) is 23.5. The van der Waals surface area contributed by atoms with Crippen LogP contribution >= 0.6 is 11.6 Å². The Bertz CT molecular complexity index is 394. The van der Waals surface area contributed by atoms with E-state index in [0.29, 0.717) is 5.02 Å². The predicted molar refractivity (Wildman–Crippen MR) is 80.1 cm³/mol. The first kappa shape index (κ1) is 14.8. The lowest BCUT2D eigenvalue weighted by molar-refractivity contribution is 0.252. The number of hydrogen-bond donors (Lipinski definition) is 0. The van der Waals surface area contributed by atoms with E-state index in [0.717, 1.165) is 30.2 Å². The maximum Gasteiger partial charge on any atom is 0.127 e. The summed E-state index contributed by atoms with van der Waals surface area (Å²) in [6, 6.07) is 5.05. The first-order valence-corrected chi connectivity index (χ1v) is 8.00. The van der Waals surface area contributed by atoms with Crippen LogP contribution in [-0.4, -0.2) is 0 Å². The number of aryl methyl sites for hydroxylation is 1. The molecule has 0 aliphatic heterocycles. The molecular weight excluding hydrogens is 259 g/mol. The third-order valence-electron chi connectivity index (χ3n) is 4.50. The second kappa shape index (κ2) is 7.28. The Balaban J connectivity index is 1.77. The Morgan fingerprint density at radius 2 is 1.74 bits per heavy atom. The molecule has 2 rings (SSSR count). The lowest BCUT2D eigenvalue weighted by atomic mass is 9.78. The van der Waals surface area contributed by atoms with Crippen LogP contribution in [0.25, 0.3) is 0 Å². The van der Waals surface area contributed by atoms with Crippen molar-refractivity contribution in [2.24, 2.45) is 11.8 Å². The molecule has 0 amide bonds. The largest absolute Gasteiger partial charge is 0.207 e. The Morgan fingerprint density at radius 1 is 1.11 bits per heavy atom. The average molecular weight is 283 g/mol. The van der Waals surface area contributed by atoms with Gasteiger partial charge in [-0.15, -0.1) is 0 Å². The second-order valence-electron chi connectivity index (χ2n) is 5.95. The molecule has 0 saturated heterocycles. The van der Waals surface area contributed by atoms with Crippen LogP contribution in [0, 0.1) is 17.7 Å². The van der Waals surface area contributed by atoms with Crippen LogP contribution in [0.4, 0.5) is 4.39 Å². The summed E-state index contributed by atoms with van der Waals surface area (Å²) in [5.74, 6) is 1.60. The van der Waals surface area contributed by atoms with Gasteiger partial charge in [-0.05, 0) is 42.4 Å². The zero-order valence-electron chi connectivity index (χ0n) is 11.8. The van der Waals surface area contributed by atoms with Crippen LogP contribution in [-0.2, 0) is 6.42 Å². The van der Waals surface area contributed by atoms with Crippen LogP contribution in [0.15, 0.2) is 18.2 Å². The first-order chi connectivity index (χ1) is 9.19. The summed E-state index contributed by atoms with van der Waals surface area (Å²) >= 11 is 5.77. The van der Waals surface area contributed by atoms with Crippen LogP contribution in [0.2, 0.25) is 5.02 Å². The zero-order chi connectivity index (χ0) is 13.7. The maximum absolute atomic E-state index is 13.7. The quantitative estimate of drug-likeness (QED) is 0.619. The Morgan fingerprint density at radius 3 is 2.32 bits per heavy atom. The van der Waals surface area contributed by atoms with Crippen LogP contribution in [0.1, 0.15) is 57.4 Å². The third kappa shape index (κ3) is 4.49. The summed E-state index contributed by atoms with van der Waals surface area (Å²) in [7, 11) is 0. The summed E-state index contributed by atoms with van der Waals surface area (Å²) in [6.07, 6.45) is 10.1. The van der Waals surface area contributed by atoms with Crippen molar-refractivity contribution in [3.8, 4) is 0 Å². The van der Waals surface area contributed by atoms with E-state index >= 15 is 0 Å². The van der Waals surface area contributed by atoms with Gasteiger partial charge in [-0.25, -0.2) is 4.39 Å². The van der Waals surface area contributed by atoms with Gasteiger partial charge in [-0.3, -0.25) is 0 Å². The SMILES string of the molecule is CCC[C@H]1CC[C@H](CCc2ccc(Cl)cc2F)CC1. The Kier molecular flexibility index (Phi) is 5.69. The minimum Gasteiger partial charge on any atom is -0.207 e. The van der Waals surface area contributed by atoms with E-state index < -0.39 is 0 Å². The van der Waals surface area contributed by atoms with Gasteiger partial charge in [0.05, 0.1) is 0 Å². The number of benzene rings is 1. The van der Waals surface area contributed by atoms with Gasteiger partial charge in [0.15, 0.2) is 0 Å². The Hall–Kier alpha value is -0.560. The van der Waals surface area contributed by atoms with Gasteiger partial charge in [-0.2, -0.15) is 0 Å². The van der Waals surface area contributed by atoms with Crippen LogP contribution in [0.5, 0.6) is 0 Å². The fourth-order valence-corrected chi connectivity index (χ4v) is 3.46. The van der Waals surface area contributed by atoms with Gasteiger partial charge in [0.2, 0.25) is 0 Å². The average Bonchev–Trinajstić information content (AvgIpc) is 2.40. The van der Waals surface area contributed by atoms with Crippen molar-refractivity contribution < 1.29 is 4.39 Å². The molecule has 1 saturated carbocycles. The summed E-state index contributed by atoms with van der Waals surface area (Å²) in [5, 5.41) is 0.487. The summed E-state index contributed by atoms with van der Waals surface area (Å²) in [6.45, 7) is 2.27. The maximum atomic E-state index is 13.7. The second-order valence-corrected chi connectivity index (χ2v) is 6.39. The van der Waals surface area contributed by atoms with E-state index in [-0.39, 0.29) is 5.82 Å². The third-order valence-corrected chi connectivity index (χ3v) is 4.74. The minimum absolute atomic E-state index is 0.146. The minimum atomic E-state index is -0.146. The molecule has 0 spiro atoms. The van der Waals surface area contributed by atoms with Crippen molar-refractivity contribution in [1.82, 2.24) is 0 Å². The number of hydrogen-bond acceptors (Lipinski definition) is 0. The fourth-order valence-electron chi connectivity index (χ4n) is 3.30. The van der Waals surface area contributed by atoms with Crippen LogP contribution in [0.3, 0.4) is 0 Å². The molecule has 1 aromatic carbocycles. The van der Waals surface area contributed by atoms with Crippen molar-refractivity contribution in [1.29, 1.82) is 0 Å². The molecule has 1 aliphatic rings. The molecule has 0 N–H and O–H groups in total. The summed E-state index contributed by atoms with van der Waals surface area (Å²) in [5.41, 5.74) is 0.820. The van der Waals surface area contributed by atoms with Gasteiger partial charge in [0, 0.05) is 5.02 Å². The highest BCUT2D eigenvalue weighted by atomic mass is 35.5. The molecular formula is C17H24ClF. The highest BCUT2D eigenvalue weighted by Crippen LogP contribution is 2.34. The molecule has 0 atom stereocenters. The molecule has 0 radical (unpaired) electrons. The highest BCUT2D eigenvalue weighted by molar-refractivity contribution is 6.30. The van der Waals surface area contributed by atoms with Gasteiger partial charge < -0.3 is 0 Å². The first-order valence-electron chi connectivity index (χ1n) is 7.63. The van der Waals surface area contributed by atoms with Crippen molar-refractivity contribution >= 4 is 11.6 Å². The van der Waals surface area contributed by atoms with E-state index in [1.165, 1.54) is 44.6 Å². The molecule has 1 aromatic rings. The van der Waals surface area contributed by atoms with Gasteiger partial charge >= 0.3 is 0 Å². The molecule has 19 heavy (non-hydrogen) atoms. The molecule has 0 nitrogen and oxygen atoms in total. The molecule has 2 heteroatoms. The predicted octanol–water partition coefficient (Wildman–Crippen LogP) is 6.02. The topological polar surface area (TPSA) is 0 Å². The van der Waals surface area contributed by atoms with Crippen molar-refractivity contribution in [2.75, 3.05) is 0 Å². The summed E-state index contributed by atoms with van der Waals surface area (Å²) < 4.78 is 13.7. The molecule has 0 heterocycles. The molecule has 1 fully saturated rings. The highest BCUT2D eigenvalue weighted by Gasteiger charge is 2.20. The van der Waals surface area contributed by atoms with E-state index in [4.69, 9.17) is 11.6 Å². The molecule has 106 valence electrons. The lowest BCUT2D eigenvalue weighted by Gasteiger charge is -2.28. The standard InChI is InChI=1S/C17H24ClF/c1-2-3-13-4-6-14(7-5-13)8-9-15-10-11-16(18)12-17(15)19/h10-14H,2-9H2,1H3/t13-,14-. The smallest absolute Gasteiger partial charge is 0.127 e. The molecule has 0 aromatic heterocycles. The lowest BCUT2D eigenvalue weighted by Crippen LogP contribution is -2.15. The fraction of sp³-hybridized carbons (Fsp3) is 0.647. The van der Waals surface area contributed by atoms with Gasteiger partial charge in [0.1, 0.15) is 5.82 Å². The van der Waals surface area contributed by atoms with Crippen molar-refractivity contribution in [2.45, 2.75) is 58.3 Å². The molecule has 1 aliphatic carbocycles. The zero-order valence-corrected chi connectivity index (χ0v) is 12.6. The number of halogens is 2. The van der Waals surface area contributed by atoms with Gasteiger partial charge in [0.25, 0.3) is 0 Å². The van der Waals surface area contributed by atoms with E-state index in [1.807, 2.05) is 6.07 Å². The Labute approximate surface area is 121 Å². The number of rotatable bonds is 5. The van der Waals surface area contributed by atoms with Crippen molar-refractivity contribution in [3.05, 3.63) is 34.6 Å². The monoisotopic (exact) mass is 282 g/mol. The van der Waals surface area contributed by atoms with E-state index in [2.05, 4.69) is 6.92 Å². The van der Waals surface area contributed by atoms with E-state index in [9.17, 15) is 4.39 Å². The van der Waals surface area contributed by atoms with Gasteiger partial charge in [-0.1, -0.05) is 63.1 Å². The summed E-state index contributed by atoms with van der Waals surface area (Å²) in [4.78, 5) is 0. The molecule has 0 unspecified atom stereocenters. The molecule has 0 bridgehead atoms.